The molecule has 9 nitrogen and oxygen atoms in total. The normalized spacial score (nSPS) is 16.4. The third-order valence-electron chi connectivity index (χ3n) is 6.24. The summed E-state index contributed by atoms with van der Waals surface area (Å²) >= 11 is 0. The summed E-state index contributed by atoms with van der Waals surface area (Å²) in [6.07, 6.45) is 0.0786. The van der Waals surface area contributed by atoms with Crippen molar-refractivity contribution < 1.29 is 28.3 Å². The zero-order valence-corrected chi connectivity index (χ0v) is 19.0. The van der Waals surface area contributed by atoms with Crippen molar-refractivity contribution in [3.05, 3.63) is 78.6 Å². The summed E-state index contributed by atoms with van der Waals surface area (Å²) in [7, 11) is 0. The molecule has 0 bridgehead atoms. The minimum absolute atomic E-state index is 0.0357. The summed E-state index contributed by atoms with van der Waals surface area (Å²) in [6.45, 7) is 0.376. The second kappa shape index (κ2) is 8.77. The van der Waals surface area contributed by atoms with Gasteiger partial charge in [0.25, 0.3) is 5.91 Å². The first-order chi connectivity index (χ1) is 17.6. The number of rotatable bonds is 5. The Morgan fingerprint density at radius 3 is 2.53 bits per heavy atom. The highest BCUT2D eigenvalue weighted by Crippen LogP contribution is 2.36. The van der Waals surface area contributed by atoms with Crippen LogP contribution in [0.25, 0.3) is 11.0 Å². The van der Waals surface area contributed by atoms with Crippen molar-refractivity contribution in [3.63, 3.8) is 0 Å². The SMILES string of the molecule is O=C(Nc1ccc2c(c1)OCO2)c1oc2ccccc2c1NC(=O)[C@H]1CC(=O)N(c2ccccc2)C1. The van der Waals surface area contributed by atoms with E-state index in [2.05, 4.69) is 10.6 Å². The van der Waals surface area contributed by atoms with Gasteiger partial charge in [0.1, 0.15) is 11.3 Å². The highest BCUT2D eigenvalue weighted by molar-refractivity contribution is 6.15. The van der Waals surface area contributed by atoms with Crippen molar-refractivity contribution in [1.82, 2.24) is 0 Å². The molecule has 3 amide bonds. The quantitative estimate of drug-likeness (QED) is 0.435. The van der Waals surface area contributed by atoms with Gasteiger partial charge in [-0.15, -0.1) is 0 Å². The molecule has 2 aliphatic heterocycles. The van der Waals surface area contributed by atoms with Crippen molar-refractivity contribution in [2.75, 3.05) is 28.9 Å². The average Bonchev–Trinajstić information content (AvgIpc) is 3.61. The molecule has 0 unspecified atom stereocenters. The smallest absolute Gasteiger partial charge is 0.293 e. The number of benzene rings is 3. The lowest BCUT2D eigenvalue weighted by molar-refractivity contribution is -0.122. The molecule has 4 aromatic rings. The number of hydrogen-bond donors (Lipinski definition) is 2. The van der Waals surface area contributed by atoms with Gasteiger partial charge in [-0.3, -0.25) is 14.4 Å². The number of carbonyl (C=O) groups excluding carboxylic acids is 3. The number of ether oxygens (including phenoxy) is 2. The maximum Gasteiger partial charge on any atom is 0.293 e. The van der Waals surface area contributed by atoms with Crippen LogP contribution in [0.4, 0.5) is 17.1 Å². The molecule has 9 heteroatoms. The van der Waals surface area contributed by atoms with Gasteiger partial charge in [0.05, 0.1) is 5.92 Å². The molecule has 180 valence electrons. The topological polar surface area (TPSA) is 110 Å². The van der Waals surface area contributed by atoms with E-state index in [-0.39, 0.29) is 43.0 Å². The molecule has 0 aliphatic carbocycles. The van der Waals surface area contributed by atoms with Crippen molar-refractivity contribution in [2.45, 2.75) is 6.42 Å². The van der Waals surface area contributed by atoms with Crippen LogP contribution < -0.4 is 25.0 Å². The predicted octanol–water partition coefficient (Wildman–Crippen LogP) is 4.41. The van der Waals surface area contributed by atoms with E-state index < -0.39 is 11.8 Å². The van der Waals surface area contributed by atoms with Gasteiger partial charge < -0.3 is 29.4 Å². The Morgan fingerprint density at radius 2 is 1.67 bits per heavy atom. The van der Waals surface area contributed by atoms with Gasteiger partial charge in [-0.1, -0.05) is 30.3 Å². The highest BCUT2D eigenvalue weighted by atomic mass is 16.7. The fourth-order valence-corrected chi connectivity index (χ4v) is 4.46. The molecule has 6 rings (SSSR count). The van der Waals surface area contributed by atoms with Gasteiger partial charge >= 0.3 is 0 Å². The molecule has 2 aliphatic rings. The van der Waals surface area contributed by atoms with Crippen LogP contribution in [0.3, 0.4) is 0 Å². The molecule has 36 heavy (non-hydrogen) atoms. The number of nitrogens with one attached hydrogen (secondary N) is 2. The molecule has 1 atom stereocenters. The van der Waals surface area contributed by atoms with Crippen LogP contribution in [0.15, 0.2) is 77.2 Å². The van der Waals surface area contributed by atoms with Crippen LogP contribution in [-0.4, -0.2) is 31.1 Å². The standard InChI is InChI=1S/C27H21N3O6/c31-23-12-16(14-30(23)18-6-2-1-3-7-18)26(32)29-24-19-8-4-5-9-20(19)36-25(24)27(33)28-17-10-11-21-22(13-17)35-15-34-21/h1-11,13,16H,12,14-15H2,(H,28,33)(H,29,32)/t16-/m0/s1. The fraction of sp³-hybridized carbons (Fsp3) is 0.148. The first-order valence-electron chi connectivity index (χ1n) is 11.5. The van der Waals surface area contributed by atoms with Gasteiger partial charge in [-0.2, -0.15) is 0 Å². The number of furan rings is 1. The first kappa shape index (κ1) is 21.7. The molecule has 1 fully saturated rings. The monoisotopic (exact) mass is 483 g/mol. The van der Waals surface area contributed by atoms with Crippen LogP contribution >= 0.6 is 0 Å². The lowest BCUT2D eigenvalue weighted by Gasteiger charge is -2.16. The zero-order valence-electron chi connectivity index (χ0n) is 19.0. The molecule has 1 aromatic heterocycles. The molecular weight excluding hydrogens is 462 g/mol. The molecule has 0 spiro atoms. The van der Waals surface area contributed by atoms with Crippen LogP contribution in [-0.2, 0) is 9.59 Å². The summed E-state index contributed by atoms with van der Waals surface area (Å²) < 4.78 is 16.5. The summed E-state index contributed by atoms with van der Waals surface area (Å²) in [5.41, 5.74) is 1.95. The van der Waals surface area contributed by atoms with E-state index in [1.54, 1.807) is 47.4 Å². The average molecular weight is 483 g/mol. The predicted molar refractivity (Wildman–Crippen MR) is 132 cm³/mol. The van der Waals surface area contributed by atoms with Gasteiger partial charge in [0.2, 0.25) is 24.4 Å². The van der Waals surface area contributed by atoms with Crippen LogP contribution in [0.5, 0.6) is 11.5 Å². The van der Waals surface area contributed by atoms with Crippen molar-refractivity contribution in [2.24, 2.45) is 5.92 Å². The number of nitrogens with zero attached hydrogens (tertiary/aromatic N) is 1. The van der Waals surface area contributed by atoms with Gasteiger partial charge in [0.15, 0.2) is 11.5 Å². The lowest BCUT2D eigenvalue weighted by Crippen LogP contribution is -2.28. The largest absolute Gasteiger partial charge is 0.454 e. The number of amides is 3. The van der Waals surface area contributed by atoms with Crippen LogP contribution in [0.1, 0.15) is 17.0 Å². The number of fused-ring (bicyclic) bond motifs is 2. The number of hydrogen-bond acceptors (Lipinski definition) is 6. The number of para-hydroxylation sites is 2. The van der Waals surface area contributed by atoms with Gasteiger partial charge in [-0.05, 0) is 36.4 Å². The summed E-state index contributed by atoms with van der Waals surface area (Å²) in [4.78, 5) is 40.7. The summed E-state index contributed by atoms with van der Waals surface area (Å²) in [5, 5.41) is 6.23. The number of anilines is 3. The fourth-order valence-electron chi connectivity index (χ4n) is 4.46. The second-order valence-electron chi connectivity index (χ2n) is 8.55. The van der Waals surface area contributed by atoms with E-state index in [0.717, 1.165) is 5.69 Å². The van der Waals surface area contributed by atoms with Gasteiger partial charge in [0, 0.05) is 35.8 Å². The molecular formula is C27H21N3O6. The molecule has 0 saturated carbocycles. The van der Waals surface area contributed by atoms with Crippen molar-refractivity contribution in [1.29, 1.82) is 0 Å². The minimum Gasteiger partial charge on any atom is -0.454 e. The van der Waals surface area contributed by atoms with E-state index in [1.807, 2.05) is 30.3 Å². The third-order valence-corrected chi connectivity index (χ3v) is 6.24. The van der Waals surface area contributed by atoms with Crippen molar-refractivity contribution >= 4 is 45.8 Å². The molecule has 0 radical (unpaired) electrons. The Morgan fingerprint density at radius 1 is 0.889 bits per heavy atom. The Hall–Kier alpha value is -4.79. The van der Waals surface area contributed by atoms with E-state index in [0.29, 0.717) is 28.2 Å². The minimum atomic E-state index is -0.573. The molecule has 2 N–H and O–H groups in total. The van der Waals surface area contributed by atoms with E-state index in [1.165, 1.54) is 0 Å². The lowest BCUT2D eigenvalue weighted by atomic mass is 10.1. The van der Waals surface area contributed by atoms with Crippen LogP contribution in [0.2, 0.25) is 0 Å². The summed E-state index contributed by atoms with van der Waals surface area (Å²) in [5.74, 6) is -0.499. The Balaban J connectivity index is 1.25. The molecule has 3 aromatic carbocycles. The van der Waals surface area contributed by atoms with E-state index in [9.17, 15) is 14.4 Å². The third kappa shape index (κ3) is 3.90. The van der Waals surface area contributed by atoms with Gasteiger partial charge in [-0.25, -0.2) is 0 Å². The van der Waals surface area contributed by atoms with E-state index >= 15 is 0 Å². The second-order valence-corrected chi connectivity index (χ2v) is 8.55. The van der Waals surface area contributed by atoms with Crippen LogP contribution in [0, 0.1) is 5.92 Å². The Labute approximate surface area is 205 Å². The Bertz CT molecular complexity index is 1500. The molecule has 1 saturated heterocycles. The zero-order chi connectivity index (χ0) is 24.6. The molecule has 3 heterocycles. The highest BCUT2D eigenvalue weighted by Gasteiger charge is 2.36. The first-order valence-corrected chi connectivity index (χ1v) is 11.5. The van der Waals surface area contributed by atoms with E-state index in [4.69, 9.17) is 13.9 Å². The Kier molecular flexibility index (Phi) is 5.29. The maximum atomic E-state index is 13.2. The summed E-state index contributed by atoms with van der Waals surface area (Å²) in [6, 6.07) is 21.3. The maximum absolute atomic E-state index is 13.2. The van der Waals surface area contributed by atoms with Crippen molar-refractivity contribution in [3.8, 4) is 11.5 Å². The number of carbonyl (C=O) groups is 3.